The molecular formula is C18H21NO. The molecule has 2 aromatic carbocycles. The third-order valence-corrected chi connectivity index (χ3v) is 3.93. The number of anilines is 1. The Kier molecular flexibility index (Phi) is 3.75. The maximum atomic E-state index is 9.77. The van der Waals surface area contributed by atoms with Crippen LogP contribution in [0, 0.1) is 6.92 Å². The summed E-state index contributed by atoms with van der Waals surface area (Å²) in [5.74, 6) is 0.694. The molecule has 1 unspecified atom stereocenters. The van der Waals surface area contributed by atoms with Crippen molar-refractivity contribution in [3.05, 3.63) is 65.2 Å². The fourth-order valence-corrected chi connectivity index (χ4v) is 2.75. The van der Waals surface area contributed by atoms with Gasteiger partial charge in [0.25, 0.3) is 0 Å². The second-order valence-corrected chi connectivity index (χ2v) is 5.65. The van der Waals surface area contributed by atoms with Crippen LogP contribution in [0.5, 0.6) is 0 Å². The molecule has 0 radical (unpaired) electrons. The van der Waals surface area contributed by atoms with E-state index in [2.05, 4.69) is 54.7 Å². The Morgan fingerprint density at radius 3 is 2.65 bits per heavy atom. The molecule has 1 saturated carbocycles. The SMILES string of the molecule is Cc1cccc(NC(CO)c2ccccc2C2CC2)c1. The first-order valence-corrected chi connectivity index (χ1v) is 7.31. The Balaban J connectivity index is 1.86. The van der Waals surface area contributed by atoms with Crippen LogP contribution < -0.4 is 5.32 Å². The van der Waals surface area contributed by atoms with Crippen molar-refractivity contribution in [2.75, 3.05) is 11.9 Å². The molecule has 3 rings (SSSR count). The lowest BCUT2D eigenvalue weighted by molar-refractivity contribution is 0.276. The van der Waals surface area contributed by atoms with Gasteiger partial charge in [-0.2, -0.15) is 0 Å². The van der Waals surface area contributed by atoms with Gasteiger partial charge >= 0.3 is 0 Å². The van der Waals surface area contributed by atoms with Gasteiger partial charge in [-0.15, -0.1) is 0 Å². The number of aryl methyl sites for hydroxylation is 1. The molecule has 2 heteroatoms. The number of rotatable bonds is 5. The molecule has 2 nitrogen and oxygen atoms in total. The minimum Gasteiger partial charge on any atom is -0.394 e. The minimum atomic E-state index is -0.0337. The van der Waals surface area contributed by atoms with Gasteiger partial charge in [-0.05, 0) is 54.5 Å². The Labute approximate surface area is 120 Å². The molecule has 0 amide bonds. The van der Waals surface area contributed by atoms with Gasteiger partial charge in [-0.25, -0.2) is 0 Å². The highest BCUT2D eigenvalue weighted by atomic mass is 16.3. The lowest BCUT2D eigenvalue weighted by Crippen LogP contribution is -2.16. The van der Waals surface area contributed by atoms with Crippen LogP contribution >= 0.6 is 0 Å². The van der Waals surface area contributed by atoms with E-state index >= 15 is 0 Å². The van der Waals surface area contributed by atoms with E-state index in [4.69, 9.17) is 0 Å². The van der Waals surface area contributed by atoms with E-state index in [0.717, 1.165) is 5.69 Å². The minimum absolute atomic E-state index is 0.0337. The number of aliphatic hydroxyl groups is 1. The second kappa shape index (κ2) is 5.68. The van der Waals surface area contributed by atoms with Gasteiger partial charge in [0.2, 0.25) is 0 Å². The average Bonchev–Trinajstić information content (AvgIpc) is 3.29. The Morgan fingerprint density at radius 1 is 1.15 bits per heavy atom. The summed E-state index contributed by atoms with van der Waals surface area (Å²) in [5.41, 5.74) is 4.92. The number of hydrogen-bond acceptors (Lipinski definition) is 2. The highest BCUT2D eigenvalue weighted by Crippen LogP contribution is 2.43. The Bertz CT molecular complexity index is 589. The van der Waals surface area contributed by atoms with E-state index in [1.54, 1.807) is 0 Å². The van der Waals surface area contributed by atoms with Crippen molar-refractivity contribution in [3.63, 3.8) is 0 Å². The Hall–Kier alpha value is -1.80. The maximum Gasteiger partial charge on any atom is 0.0747 e. The lowest BCUT2D eigenvalue weighted by Gasteiger charge is -2.21. The fourth-order valence-electron chi connectivity index (χ4n) is 2.75. The third kappa shape index (κ3) is 2.86. The molecule has 1 atom stereocenters. The average molecular weight is 267 g/mol. The standard InChI is InChI=1S/C18H21NO/c1-13-5-4-6-15(11-13)19-18(12-20)17-8-3-2-7-16(17)14-9-10-14/h2-8,11,14,18-20H,9-10,12H2,1H3. The maximum absolute atomic E-state index is 9.77. The first kappa shape index (κ1) is 13.2. The molecule has 104 valence electrons. The highest BCUT2D eigenvalue weighted by molar-refractivity contribution is 5.49. The smallest absolute Gasteiger partial charge is 0.0747 e. The summed E-state index contributed by atoms with van der Waals surface area (Å²) in [4.78, 5) is 0. The molecule has 0 aliphatic heterocycles. The second-order valence-electron chi connectivity index (χ2n) is 5.65. The van der Waals surface area contributed by atoms with E-state index in [9.17, 15) is 5.11 Å². The third-order valence-electron chi connectivity index (χ3n) is 3.93. The monoisotopic (exact) mass is 267 g/mol. The van der Waals surface area contributed by atoms with Crippen LogP contribution in [0.2, 0.25) is 0 Å². The summed E-state index contributed by atoms with van der Waals surface area (Å²) in [7, 11) is 0. The first-order chi connectivity index (χ1) is 9.78. The van der Waals surface area contributed by atoms with Gasteiger partial charge < -0.3 is 10.4 Å². The Morgan fingerprint density at radius 2 is 1.95 bits per heavy atom. The number of benzene rings is 2. The van der Waals surface area contributed by atoms with Crippen LogP contribution in [0.3, 0.4) is 0 Å². The summed E-state index contributed by atoms with van der Waals surface area (Å²) >= 11 is 0. The summed E-state index contributed by atoms with van der Waals surface area (Å²) in [6.07, 6.45) is 2.55. The number of aliphatic hydroxyl groups excluding tert-OH is 1. The molecule has 1 aliphatic carbocycles. The van der Waals surface area contributed by atoms with Gasteiger partial charge in [-0.3, -0.25) is 0 Å². The first-order valence-electron chi connectivity index (χ1n) is 7.31. The van der Waals surface area contributed by atoms with Crippen LogP contribution in [0.1, 0.15) is 41.5 Å². The topological polar surface area (TPSA) is 32.3 Å². The molecule has 0 bridgehead atoms. The largest absolute Gasteiger partial charge is 0.394 e. The van der Waals surface area contributed by atoms with Crippen LogP contribution in [0.15, 0.2) is 48.5 Å². The van der Waals surface area contributed by atoms with Gasteiger partial charge in [0.15, 0.2) is 0 Å². The molecule has 2 aromatic rings. The van der Waals surface area contributed by atoms with E-state index in [1.165, 1.54) is 29.5 Å². The molecule has 0 spiro atoms. The van der Waals surface area contributed by atoms with Crippen LogP contribution in [-0.2, 0) is 0 Å². The molecule has 0 heterocycles. The highest BCUT2D eigenvalue weighted by Gasteiger charge is 2.27. The van der Waals surface area contributed by atoms with Crippen molar-refractivity contribution in [1.82, 2.24) is 0 Å². The summed E-state index contributed by atoms with van der Waals surface area (Å²) < 4.78 is 0. The number of nitrogens with one attached hydrogen (secondary N) is 1. The van der Waals surface area contributed by atoms with E-state index in [-0.39, 0.29) is 12.6 Å². The van der Waals surface area contributed by atoms with Gasteiger partial charge in [0.05, 0.1) is 12.6 Å². The fraction of sp³-hybridized carbons (Fsp3) is 0.333. The zero-order valence-corrected chi connectivity index (χ0v) is 11.8. The molecule has 1 fully saturated rings. The van der Waals surface area contributed by atoms with Crippen molar-refractivity contribution in [2.24, 2.45) is 0 Å². The zero-order valence-electron chi connectivity index (χ0n) is 11.8. The van der Waals surface area contributed by atoms with E-state index in [1.807, 2.05) is 6.07 Å². The molecular weight excluding hydrogens is 246 g/mol. The van der Waals surface area contributed by atoms with Crippen LogP contribution in [0.4, 0.5) is 5.69 Å². The summed E-state index contributed by atoms with van der Waals surface area (Å²) in [6, 6.07) is 16.7. The van der Waals surface area contributed by atoms with E-state index in [0.29, 0.717) is 5.92 Å². The van der Waals surface area contributed by atoms with Gasteiger partial charge in [0, 0.05) is 5.69 Å². The summed E-state index contributed by atoms with van der Waals surface area (Å²) in [5, 5.41) is 13.2. The molecule has 0 saturated heterocycles. The van der Waals surface area contributed by atoms with Crippen molar-refractivity contribution in [2.45, 2.75) is 31.7 Å². The summed E-state index contributed by atoms with van der Waals surface area (Å²) in [6.45, 7) is 2.19. The number of hydrogen-bond donors (Lipinski definition) is 2. The van der Waals surface area contributed by atoms with Crippen molar-refractivity contribution < 1.29 is 5.11 Å². The predicted molar refractivity (Wildman–Crippen MR) is 83.0 cm³/mol. The van der Waals surface area contributed by atoms with Crippen LogP contribution in [-0.4, -0.2) is 11.7 Å². The molecule has 0 aromatic heterocycles. The van der Waals surface area contributed by atoms with Crippen molar-refractivity contribution in [1.29, 1.82) is 0 Å². The quantitative estimate of drug-likeness (QED) is 0.857. The van der Waals surface area contributed by atoms with Crippen molar-refractivity contribution >= 4 is 5.69 Å². The molecule has 1 aliphatic rings. The normalized spacial score (nSPS) is 15.9. The van der Waals surface area contributed by atoms with Gasteiger partial charge in [0.1, 0.15) is 0 Å². The van der Waals surface area contributed by atoms with Crippen molar-refractivity contribution in [3.8, 4) is 0 Å². The van der Waals surface area contributed by atoms with Crippen LogP contribution in [0.25, 0.3) is 0 Å². The zero-order chi connectivity index (χ0) is 13.9. The lowest BCUT2D eigenvalue weighted by atomic mass is 9.97. The predicted octanol–water partition coefficient (Wildman–Crippen LogP) is 4.02. The molecule has 20 heavy (non-hydrogen) atoms. The molecule has 2 N–H and O–H groups in total. The van der Waals surface area contributed by atoms with E-state index < -0.39 is 0 Å². The van der Waals surface area contributed by atoms with Gasteiger partial charge in [-0.1, -0.05) is 36.4 Å².